The van der Waals surface area contributed by atoms with Crippen LogP contribution in [0.1, 0.15) is 355 Å². The zero-order chi connectivity index (χ0) is 57.9. The fourth-order valence-corrected chi connectivity index (χ4v) is 11.2. The van der Waals surface area contributed by atoms with E-state index in [-0.39, 0.29) is 31.5 Å². The molecule has 0 aliphatic carbocycles. The fourth-order valence-electron chi connectivity index (χ4n) is 10.5. The maximum atomic E-state index is 13.6. The van der Waals surface area contributed by atoms with E-state index < -0.39 is 20.0 Å². The highest BCUT2D eigenvalue weighted by Gasteiger charge is 2.27. The number of amides is 1. The number of nitrogens with one attached hydrogen (secondary N) is 1. The van der Waals surface area contributed by atoms with Crippen molar-refractivity contribution in [2.24, 2.45) is 0 Å². The molecule has 0 aromatic heterocycles. The third-order valence-electron chi connectivity index (χ3n) is 15.9. The normalized spacial score (nSPS) is 13.7. The van der Waals surface area contributed by atoms with Crippen LogP contribution in [-0.4, -0.2) is 69.4 Å². The Kier molecular flexibility index (Phi) is 58.5. The van der Waals surface area contributed by atoms with Crippen LogP contribution in [0.5, 0.6) is 0 Å². The van der Waals surface area contributed by atoms with Gasteiger partial charge in [0.25, 0.3) is 7.82 Å². The standard InChI is InChI=1S/C69H135N2O7P/c1-7-10-13-16-19-22-25-28-30-31-32-33-34-35-36-37-38-39-40-41-42-43-46-49-52-55-58-61-68(72)70-66(65-77-79(74,75)76-64-63-71(4,5)6)67(60-57-54-51-48-45-27-24-21-18-15-12-9-3)78-69(73)62-59-56-53-50-47-44-29-26-23-20-17-14-11-8-2/h44,47,57,60,66-67H,7-43,45-46,48-56,58-59,61-65H2,1-6H3,(H-,70,72,74,75)/b47-44-,60-57-. The lowest BCUT2D eigenvalue weighted by molar-refractivity contribution is -0.870. The molecule has 0 fully saturated rings. The van der Waals surface area contributed by atoms with Gasteiger partial charge in [0, 0.05) is 12.8 Å². The van der Waals surface area contributed by atoms with E-state index in [0.717, 1.165) is 64.2 Å². The van der Waals surface area contributed by atoms with Gasteiger partial charge in [-0.25, -0.2) is 0 Å². The second kappa shape index (κ2) is 59.6. The number of carbonyl (C=O) groups excluding carboxylic acids is 2. The van der Waals surface area contributed by atoms with Gasteiger partial charge in [0.1, 0.15) is 19.3 Å². The molecule has 0 aromatic rings. The molecule has 0 aliphatic rings. The predicted molar refractivity (Wildman–Crippen MR) is 340 cm³/mol. The monoisotopic (exact) mass is 1140 g/mol. The number of nitrogens with zero attached hydrogens (tertiary/aromatic N) is 1. The van der Waals surface area contributed by atoms with Crippen LogP contribution in [-0.2, 0) is 27.9 Å². The minimum atomic E-state index is -4.70. The van der Waals surface area contributed by atoms with Gasteiger partial charge in [-0.1, -0.05) is 309 Å². The number of carbonyl (C=O) groups is 2. The van der Waals surface area contributed by atoms with Crippen LogP contribution < -0.4 is 10.2 Å². The van der Waals surface area contributed by atoms with Gasteiger partial charge >= 0.3 is 5.97 Å². The third-order valence-corrected chi connectivity index (χ3v) is 16.8. The number of ether oxygens (including phenoxy) is 1. The molecule has 0 saturated heterocycles. The minimum absolute atomic E-state index is 0.0207. The summed E-state index contributed by atoms with van der Waals surface area (Å²) >= 11 is 0. The highest BCUT2D eigenvalue weighted by molar-refractivity contribution is 7.45. The van der Waals surface area contributed by atoms with Crippen molar-refractivity contribution in [3.63, 3.8) is 0 Å². The van der Waals surface area contributed by atoms with Crippen LogP contribution in [0.2, 0.25) is 0 Å². The number of hydrogen-bond donors (Lipinski definition) is 1. The molecule has 0 radical (unpaired) electrons. The van der Waals surface area contributed by atoms with Gasteiger partial charge in [0.15, 0.2) is 0 Å². The Morgan fingerprint density at radius 3 is 1.09 bits per heavy atom. The second-order valence-corrected chi connectivity index (χ2v) is 26.5. The highest BCUT2D eigenvalue weighted by atomic mass is 31.2. The summed E-state index contributed by atoms with van der Waals surface area (Å²) in [5, 5.41) is 3.04. The summed E-state index contributed by atoms with van der Waals surface area (Å²) in [6, 6.07) is -0.889. The van der Waals surface area contributed by atoms with E-state index in [0.29, 0.717) is 23.9 Å². The number of allylic oxidation sites excluding steroid dienone is 3. The maximum Gasteiger partial charge on any atom is 0.306 e. The lowest BCUT2D eigenvalue weighted by Crippen LogP contribution is -2.47. The van der Waals surface area contributed by atoms with Crippen LogP contribution in [0.4, 0.5) is 0 Å². The van der Waals surface area contributed by atoms with Gasteiger partial charge in [-0.05, 0) is 57.4 Å². The summed E-state index contributed by atoms with van der Waals surface area (Å²) in [5.74, 6) is -0.540. The van der Waals surface area contributed by atoms with Gasteiger partial charge < -0.3 is 28.5 Å². The number of phosphoric acid groups is 1. The van der Waals surface area contributed by atoms with E-state index in [1.807, 2.05) is 33.3 Å². The summed E-state index contributed by atoms with van der Waals surface area (Å²) < 4.78 is 30.4. The maximum absolute atomic E-state index is 13.6. The van der Waals surface area contributed by atoms with Crippen molar-refractivity contribution < 1.29 is 37.3 Å². The molecule has 10 heteroatoms. The van der Waals surface area contributed by atoms with Crippen molar-refractivity contribution in [2.75, 3.05) is 40.9 Å². The Labute approximate surface area is 492 Å². The number of hydrogen-bond acceptors (Lipinski definition) is 7. The molecule has 0 aliphatic heterocycles. The first-order chi connectivity index (χ1) is 38.4. The Hall–Kier alpha value is -1.51. The summed E-state index contributed by atoms with van der Waals surface area (Å²) in [6.07, 6.45) is 71.7. The number of rotatable bonds is 64. The average molecular weight is 1140 g/mol. The number of likely N-dealkylation sites (N-methyl/N-ethyl adjacent to an activating group) is 1. The Bertz CT molecular complexity index is 1400. The van der Waals surface area contributed by atoms with Gasteiger partial charge in [-0.2, -0.15) is 0 Å². The molecular formula is C69H135N2O7P. The lowest BCUT2D eigenvalue weighted by Gasteiger charge is -2.30. The van der Waals surface area contributed by atoms with E-state index in [9.17, 15) is 19.0 Å². The molecule has 0 saturated carbocycles. The van der Waals surface area contributed by atoms with E-state index in [1.54, 1.807) is 0 Å². The number of unbranched alkanes of at least 4 members (excludes halogenated alkanes) is 46. The van der Waals surface area contributed by atoms with Crippen molar-refractivity contribution in [1.29, 1.82) is 0 Å². The van der Waals surface area contributed by atoms with Crippen molar-refractivity contribution >= 4 is 19.7 Å². The number of esters is 1. The average Bonchev–Trinajstić information content (AvgIpc) is 3.41. The largest absolute Gasteiger partial charge is 0.756 e. The van der Waals surface area contributed by atoms with E-state index >= 15 is 0 Å². The van der Waals surface area contributed by atoms with Gasteiger partial charge in [-0.15, -0.1) is 0 Å². The lowest BCUT2D eigenvalue weighted by atomic mass is 10.0. The first kappa shape index (κ1) is 77.5. The zero-order valence-electron chi connectivity index (χ0n) is 53.6. The topological polar surface area (TPSA) is 114 Å². The van der Waals surface area contributed by atoms with Crippen LogP contribution in [0.25, 0.3) is 0 Å². The third kappa shape index (κ3) is 60.9. The van der Waals surface area contributed by atoms with Gasteiger partial charge in [0.05, 0.1) is 33.8 Å². The number of quaternary nitrogens is 1. The first-order valence-electron chi connectivity index (χ1n) is 34.6. The second-order valence-electron chi connectivity index (χ2n) is 25.0. The fraction of sp³-hybridized carbons (Fsp3) is 0.913. The van der Waals surface area contributed by atoms with Crippen LogP contribution >= 0.6 is 7.82 Å². The minimum Gasteiger partial charge on any atom is -0.756 e. The molecule has 0 rings (SSSR count). The molecule has 79 heavy (non-hydrogen) atoms. The molecule has 0 bridgehead atoms. The summed E-state index contributed by atoms with van der Waals surface area (Å²) in [4.78, 5) is 40.0. The molecule has 3 atom stereocenters. The quantitative estimate of drug-likeness (QED) is 0.0212. The van der Waals surface area contributed by atoms with Gasteiger partial charge in [-0.3, -0.25) is 14.2 Å². The van der Waals surface area contributed by atoms with E-state index in [1.165, 1.54) is 250 Å². The zero-order valence-corrected chi connectivity index (χ0v) is 54.5. The number of phosphoric ester groups is 1. The summed E-state index contributed by atoms with van der Waals surface area (Å²) in [5.41, 5.74) is 0. The predicted octanol–water partition coefficient (Wildman–Crippen LogP) is 21.0. The highest BCUT2D eigenvalue weighted by Crippen LogP contribution is 2.38. The first-order valence-corrected chi connectivity index (χ1v) is 36.1. The molecule has 3 unspecified atom stereocenters. The Balaban J connectivity index is 4.96. The van der Waals surface area contributed by atoms with E-state index in [4.69, 9.17) is 13.8 Å². The summed E-state index contributed by atoms with van der Waals surface area (Å²) in [6.45, 7) is 6.88. The molecule has 0 aromatic carbocycles. The SMILES string of the molecule is CCCCCCCCC/C=C\CCCCCC(=O)OC(/C=C\CCCCCCCCCCCC)C(COP(=O)([O-])OCC[N+](C)(C)C)NC(=O)CCCCCCCCCCCCCCCCCCCCCCCCCCCCC. The van der Waals surface area contributed by atoms with Crippen molar-refractivity contribution in [1.82, 2.24) is 5.32 Å². The smallest absolute Gasteiger partial charge is 0.306 e. The molecule has 1 N–H and O–H groups in total. The van der Waals surface area contributed by atoms with Crippen molar-refractivity contribution in [3.8, 4) is 0 Å². The molecule has 0 spiro atoms. The molecular weight excluding hydrogens is 1000 g/mol. The van der Waals surface area contributed by atoms with Crippen molar-refractivity contribution in [3.05, 3.63) is 24.3 Å². The molecule has 0 heterocycles. The Morgan fingerprint density at radius 1 is 0.430 bits per heavy atom. The molecule has 468 valence electrons. The van der Waals surface area contributed by atoms with Gasteiger partial charge in [0.2, 0.25) is 5.91 Å². The van der Waals surface area contributed by atoms with Crippen LogP contribution in [0.15, 0.2) is 24.3 Å². The molecule has 9 nitrogen and oxygen atoms in total. The van der Waals surface area contributed by atoms with E-state index in [2.05, 4.69) is 38.2 Å². The Morgan fingerprint density at radius 2 is 0.734 bits per heavy atom. The molecule has 1 amide bonds. The summed E-state index contributed by atoms with van der Waals surface area (Å²) in [7, 11) is 1.20. The van der Waals surface area contributed by atoms with Crippen LogP contribution in [0, 0.1) is 0 Å². The van der Waals surface area contributed by atoms with Crippen LogP contribution in [0.3, 0.4) is 0 Å². The van der Waals surface area contributed by atoms with Crippen molar-refractivity contribution in [2.45, 2.75) is 367 Å².